The van der Waals surface area contributed by atoms with Gasteiger partial charge in [0.2, 0.25) is 15.9 Å². The van der Waals surface area contributed by atoms with Crippen LogP contribution in [0, 0.1) is 6.92 Å². The molecule has 1 N–H and O–H groups in total. The molecule has 0 aromatic heterocycles. The van der Waals surface area contributed by atoms with Gasteiger partial charge in [0, 0.05) is 31.4 Å². The van der Waals surface area contributed by atoms with Crippen molar-refractivity contribution in [2.24, 2.45) is 0 Å². The van der Waals surface area contributed by atoms with Crippen LogP contribution in [-0.2, 0) is 14.8 Å². The molecule has 8 heteroatoms. The number of hydrogen-bond acceptors (Lipinski definition) is 5. The highest BCUT2D eigenvalue weighted by atomic mass is 32.2. The van der Waals surface area contributed by atoms with Crippen molar-refractivity contribution in [1.29, 1.82) is 0 Å². The zero-order chi connectivity index (χ0) is 22.6. The Balaban J connectivity index is 1.40. The molecular weight excluding hydrogens is 424 g/mol. The molecule has 1 amide bonds. The Morgan fingerprint density at radius 3 is 2.38 bits per heavy atom. The van der Waals surface area contributed by atoms with Gasteiger partial charge in [0.1, 0.15) is 0 Å². The molecule has 7 nitrogen and oxygen atoms in total. The van der Waals surface area contributed by atoms with Crippen LogP contribution in [0.2, 0.25) is 0 Å². The molecule has 0 spiro atoms. The van der Waals surface area contributed by atoms with Crippen LogP contribution in [0.15, 0.2) is 23.1 Å². The van der Waals surface area contributed by atoms with Crippen molar-refractivity contribution in [3.05, 3.63) is 23.8 Å². The lowest BCUT2D eigenvalue weighted by atomic mass is 10.2. The number of carbonyl (C=O) groups is 1. The number of aryl methyl sites for hydroxylation is 1. The maximum Gasteiger partial charge on any atom is 0.243 e. The Kier molecular flexibility index (Phi) is 7.87. The topological polar surface area (TPSA) is 73.0 Å². The van der Waals surface area contributed by atoms with E-state index in [1.807, 2.05) is 6.92 Å². The normalized spacial score (nSPS) is 24.0. The minimum atomic E-state index is -3.55. The van der Waals surface area contributed by atoms with Crippen molar-refractivity contribution >= 4 is 21.6 Å². The number of nitrogens with zero attached hydrogens (tertiary/aromatic N) is 3. The first-order valence-corrected chi connectivity index (χ1v) is 13.7. The highest BCUT2D eigenvalue weighted by molar-refractivity contribution is 7.89. The zero-order valence-corrected chi connectivity index (χ0v) is 20.2. The van der Waals surface area contributed by atoms with Crippen LogP contribution >= 0.6 is 0 Å². The number of benzene rings is 1. The van der Waals surface area contributed by atoms with Crippen molar-refractivity contribution in [3.8, 4) is 0 Å². The summed E-state index contributed by atoms with van der Waals surface area (Å²) in [4.78, 5) is 17.9. The van der Waals surface area contributed by atoms with E-state index < -0.39 is 10.0 Å². The molecule has 1 aromatic rings. The number of sulfonamides is 1. The van der Waals surface area contributed by atoms with Gasteiger partial charge in [0.25, 0.3) is 0 Å². The highest BCUT2D eigenvalue weighted by Crippen LogP contribution is 2.26. The molecule has 0 saturated carbocycles. The average Bonchev–Trinajstić information content (AvgIpc) is 3.34. The average molecular weight is 463 g/mol. The number of anilines is 1. The van der Waals surface area contributed by atoms with Gasteiger partial charge < -0.3 is 10.2 Å². The molecule has 3 aliphatic rings. The molecule has 3 saturated heterocycles. The summed E-state index contributed by atoms with van der Waals surface area (Å²) in [5.41, 5.74) is 1.28. The van der Waals surface area contributed by atoms with Crippen molar-refractivity contribution in [2.45, 2.75) is 69.2 Å². The van der Waals surface area contributed by atoms with E-state index in [9.17, 15) is 13.2 Å². The summed E-state index contributed by atoms with van der Waals surface area (Å²) in [6.07, 6.45) is 8.81. The lowest BCUT2D eigenvalue weighted by molar-refractivity contribution is -0.117. The largest absolute Gasteiger partial charge is 0.325 e. The van der Waals surface area contributed by atoms with Crippen molar-refractivity contribution < 1.29 is 13.2 Å². The van der Waals surface area contributed by atoms with Crippen LogP contribution in [-0.4, -0.2) is 80.3 Å². The van der Waals surface area contributed by atoms with Crippen molar-refractivity contribution in [1.82, 2.24) is 14.1 Å². The van der Waals surface area contributed by atoms with E-state index in [2.05, 4.69) is 15.1 Å². The number of amides is 1. The van der Waals surface area contributed by atoms with Gasteiger partial charge in [-0.1, -0.05) is 18.9 Å². The number of carbonyl (C=O) groups excluding carboxylic acids is 1. The second-order valence-electron chi connectivity index (χ2n) is 9.62. The molecule has 178 valence electrons. The Morgan fingerprint density at radius 1 is 0.969 bits per heavy atom. The fourth-order valence-electron chi connectivity index (χ4n) is 5.34. The minimum absolute atomic E-state index is 0.0692. The molecule has 3 heterocycles. The standard InChI is InChI=1S/C24H38N4O3S/c1-20-10-11-21(17-23(20)32(30,31)28-15-4-2-3-5-16-28)25-24(29)19-27-14-8-9-22(27)18-26-12-6-7-13-26/h10-11,17,22H,2-9,12-16,18-19H2,1H3,(H,25,29). The predicted molar refractivity (Wildman–Crippen MR) is 127 cm³/mol. The lowest BCUT2D eigenvalue weighted by Gasteiger charge is -2.28. The van der Waals surface area contributed by atoms with Gasteiger partial charge in [-0.25, -0.2) is 8.42 Å². The van der Waals surface area contributed by atoms with Crippen LogP contribution in [0.1, 0.15) is 56.9 Å². The second-order valence-corrected chi connectivity index (χ2v) is 11.5. The van der Waals surface area contributed by atoms with Crippen LogP contribution in [0.5, 0.6) is 0 Å². The third kappa shape index (κ3) is 5.71. The Morgan fingerprint density at radius 2 is 1.66 bits per heavy atom. The molecular formula is C24H38N4O3S. The smallest absolute Gasteiger partial charge is 0.243 e. The van der Waals surface area contributed by atoms with E-state index in [1.54, 1.807) is 22.5 Å². The molecule has 1 aromatic carbocycles. The SMILES string of the molecule is Cc1ccc(NC(=O)CN2CCCC2CN2CCCC2)cc1S(=O)(=O)N1CCCCCC1. The molecule has 1 atom stereocenters. The number of rotatable bonds is 7. The van der Waals surface area contributed by atoms with Crippen molar-refractivity contribution in [2.75, 3.05) is 51.1 Å². The van der Waals surface area contributed by atoms with Gasteiger partial charge in [0.15, 0.2) is 0 Å². The molecule has 32 heavy (non-hydrogen) atoms. The Labute approximate surface area is 193 Å². The monoisotopic (exact) mass is 462 g/mol. The van der Waals surface area contributed by atoms with Crippen LogP contribution < -0.4 is 5.32 Å². The summed E-state index contributed by atoms with van der Waals surface area (Å²) in [6.45, 7) is 7.69. The third-order valence-corrected chi connectivity index (χ3v) is 9.21. The van der Waals surface area contributed by atoms with Crippen LogP contribution in [0.25, 0.3) is 0 Å². The molecule has 0 radical (unpaired) electrons. The van der Waals surface area contributed by atoms with E-state index in [0.717, 1.165) is 57.2 Å². The summed E-state index contributed by atoms with van der Waals surface area (Å²) < 4.78 is 28.2. The first-order valence-electron chi connectivity index (χ1n) is 12.3. The molecule has 4 rings (SSSR count). The number of nitrogens with one attached hydrogen (secondary N) is 1. The van der Waals surface area contributed by atoms with Crippen LogP contribution in [0.4, 0.5) is 5.69 Å². The lowest BCUT2D eigenvalue weighted by Crippen LogP contribution is -2.42. The fraction of sp³-hybridized carbons (Fsp3) is 0.708. The first-order chi connectivity index (χ1) is 15.4. The molecule has 3 aliphatic heterocycles. The predicted octanol–water partition coefficient (Wildman–Crippen LogP) is 3.06. The third-order valence-electron chi connectivity index (χ3n) is 7.17. The van der Waals surface area contributed by atoms with Gasteiger partial charge in [0.05, 0.1) is 11.4 Å². The quantitative estimate of drug-likeness (QED) is 0.674. The Bertz CT molecular complexity index is 891. The van der Waals surface area contributed by atoms with Gasteiger partial charge in [-0.15, -0.1) is 0 Å². The van der Waals surface area contributed by atoms with Gasteiger partial charge in [-0.2, -0.15) is 4.31 Å². The van der Waals surface area contributed by atoms with Gasteiger partial charge in [-0.05, 0) is 82.8 Å². The summed E-state index contributed by atoms with van der Waals surface area (Å²) in [5, 5.41) is 2.96. The zero-order valence-electron chi connectivity index (χ0n) is 19.4. The fourth-order valence-corrected chi connectivity index (χ4v) is 7.10. The number of hydrogen-bond donors (Lipinski definition) is 1. The molecule has 3 fully saturated rings. The van der Waals surface area contributed by atoms with Gasteiger partial charge >= 0.3 is 0 Å². The maximum atomic E-state index is 13.3. The van der Waals surface area contributed by atoms with Crippen molar-refractivity contribution in [3.63, 3.8) is 0 Å². The Hall–Kier alpha value is -1.48. The van der Waals surface area contributed by atoms with Crippen LogP contribution in [0.3, 0.4) is 0 Å². The summed E-state index contributed by atoms with van der Waals surface area (Å²) in [6, 6.07) is 5.68. The van der Waals surface area contributed by atoms with Gasteiger partial charge in [-0.3, -0.25) is 9.69 Å². The summed E-state index contributed by atoms with van der Waals surface area (Å²) >= 11 is 0. The second kappa shape index (κ2) is 10.6. The van der Waals surface area contributed by atoms with E-state index >= 15 is 0 Å². The molecule has 1 unspecified atom stereocenters. The van der Waals surface area contributed by atoms with E-state index in [0.29, 0.717) is 36.3 Å². The van der Waals surface area contributed by atoms with E-state index in [1.165, 1.54) is 25.9 Å². The molecule has 0 bridgehead atoms. The van der Waals surface area contributed by atoms with E-state index in [4.69, 9.17) is 0 Å². The number of likely N-dealkylation sites (tertiary alicyclic amines) is 2. The summed E-state index contributed by atoms with van der Waals surface area (Å²) in [7, 11) is -3.55. The summed E-state index contributed by atoms with van der Waals surface area (Å²) in [5.74, 6) is -0.0692. The maximum absolute atomic E-state index is 13.3. The molecule has 0 aliphatic carbocycles. The highest BCUT2D eigenvalue weighted by Gasteiger charge is 2.30. The van der Waals surface area contributed by atoms with E-state index in [-0.39, 0.29) is 5.91 Å². The minimum Gasteiger partial charge on any atom is -0.325 e. The first kappa shape index (κ1) is 23.7.